The van der Waals surface area contributed by atoms with Crippen LogP contribution >= 0.6 is 0 Å². The Bertz CT molecular complexity index is 417. The van der Waals surface area contributed by atoms with Crippen molar-refractivity contribution in [2.24, 2.45) is 5.92 Å². The monoisotopic (exact) mass is 268 g/mol. The molecule has 0 spiro atoms. The summed E-state index contributed by atoms with van der Waals surface area (Å²) in [7, 11) is 0. The van der Waals surface area contributed by atoms with Gasteiger partial charge < -0.3 is 5.32 Å². The van der Waals surface area contributed by atoms with E-state index in [0.29, 0.717) is 5.92 Å². The molecule has 1 aliphatic rings. The summed E-state index contributed by atoms with van der Waals surface area (Å²) >= 11 is 0. The Morgan fingerprint density at radius 3 is 2.47 bits per heavy atom. The minimum absolute atomic E-state index is 0.169. The van der Waals surface area contributed by atoms with E-state index in [1.807, 2.05) is 0 Å². The topological polar surface area (TPSA) is 15.3 Å². The maximum Gasteiger partial charge on any atom is 0.159 e. The molecular weight excluding hydrogens is 246 g/mol. The lowest BCUT2D eigenvalue weighted by Gasteiger charge is -2.38. The molecule has 0 amide bonds. The van der Waals surface area contributed by atoms with Gasteiger partial charge in [-0.3, -0.25) is 4.90 Å². The molecule has 4 heteroatoms. The van der Waals surface area contributed by atoms with Crippen molar-refractivity contribution in [3.63, 3.8) is 0 Å². The van der Waals surface area contributed by atoms with E-state index < -0.39 is 11.6 Å². The van der Waals surface area contributed by atoms with Crippen LogP contribution in [0.25, 0.3) is 0 Å². The molecule has 0 aliphatic carbocycles. The van der Waals surface area contributed by atoms with E-state index in [4.69, 9.17) is 0 Å². The van der Waals surface area contributed by atoms with Gasteiger partial charge in [-0.2, -0.15) is 0 Å². The molecule has 1 saturated heterocycles. The number of benzene rings is 1. The van der Waals surface area contributed by atoms with Crippen LogP contribution in [-0.2, 0) is 0 Å². The van der Waals surface area contributed by atoms with Crippen LogP contribution in [0.3, 0.4) is 0 Å². The van der Waals surface area contributed by atoms with E-state index in [0.717, 1.165) is 38.2 Å². The normalized spacial score (nSPS) is 20.2. The molecule has 0 bridgehead atoms. The molecule has 0 aromatic heterocycles. The Hall–Kier alpha value is -1.00. The Balaban J connectivity index is 2.27. The maximum atomic E-state index is 13.5. The molecule has 106 valence electrons. The number of hydrogen-bond acceptors (Lipinski definition) is 2. The zero-order chi connectivity index (χ0) is 13.8. The molecule has 2 rings (SSSR count). The van der Waals surface area contributed by atoms with Gasteiger partial charge in [-0.05, 0) is 23.6 Å². The molecular formula is C15H22F2N2. The molecule has 1 heterocycles. The largest absolute Gasteiger partial charge is 0.314 e. The van der Waals surface area contributed by atoms with Crippen molar-refractivity contribution in [1.29, 1.82) is 0 Å². The molecule has 1 fully saturated rings. The van der Waals surface area contributed by atoms with Crippen LogP contribution in [0, 0.1) is 17.6 Å². The first-order chi connectivity index (χ1) is 9.13. The number of hydrogen-bond donors (Lipinski definition) is 1. The number of nitrogens with zero attached hydrogens (tertiary/aromatic N) is 1. The summed E-state index contributed by atoms with van der Waals surface area (Å²) < 4.78 is 26.6. The second-order valence-corrected chi connectivity index (χ2v) is 5.29. The molecule has 19 heavy (non-hydrogen) atoms. The van der Waals surface area contributed by atoms with Crippen molar-refractivity contribution in [3.05, 3.63) is 35.4 Å². The molecule has 2 atom stereocenters. The van der Waals surface area contributed by atoms with Crippen LogP contribution in [0.4, 0.5) is 8.78 Å². The predicted molar refractivity (Wildman–Crippen MR) is 73.0 cm³/mol. The van der Waals surface area contributed by atoms with Gasteiger partial charge >= 0.3 is 0 Å². The Morgan fingerprint density at radius 2 is 1.89 bits per heavy atom. The maximum absolute atomic E-state index is 13.5. The zero-order valence-electron chi connectivity index (χ0n) is 11.6. The lowest BCUT2D eigenvalue weighted by molar-refractivity contribution is 0.128. The highest BCUT2D eigenvalue weighted by atomic mass is 19.2. The summed E-state index contributed by atoms with van der Waals surface area (Å²) in [5.74, 6) is -1.10. The fourth-order valence-electron chi connectivity index (χ4n) is 2.78. The van der Waals surface area contributed by atoms with Gasteiger partial charge in [0.15, 0.2) is 11.6 Å². The number of piperazine rings is 1. The van der Waals surface area contributed by atoms with E-state index in [1.54, 1.807) is 6.07 Å². The summed E-state index contributed by atoms with van der Waals surface area (Å²) in [6.07, 6.45) is 1.02. The van der Waals surface area contributed by atoms with E-state index in [2.05, 4.69) is 24.1 Å². The third-order valence-electron chi connectivity index (χ3n) is 4.01. The second-order valence-electron chi connectivity index (χ2n) is 5.29. The first-order valence-electron chi connectivity index (χ1n) is 7.03. The smallest absolute Gasteiger partial charge is 0.159 e. The van der Waals surface area contributed by atoms with Crippen molar-refractivity contribution >= 4 is 0 Å². The zero-order valence-corrected chi connectivity index (χ0v) is 11.6. The molecule has 2 nitrogen and oxygen atoms in total. The first kappa shape index (κ1) is 14.4. The van der Waals surface area contributed by atoms with Gasteiger partial charge in [-0.25, -0.2) is 8.78 Å². The SMILES string of the molecule is CCC(C)[C@@H](c1ccc(F)c(F)c1)N1CCNCC1. The highest BCUT2D eigenvalue weighted by molar-refractivity contribution is 5.22. The quantitative estimate of drug-likeness (QED) is 0.903. The fourth-order valence-corrected chi connectivity index (χ4v) is 2.78. The van der Waals surface area contributed by atoms with Crippen LogP contribution in [0.5, 0.6) is 0 Å². The summed E-state index contributed by atoms with van der Waals surface area (Å²) in [5.41, 5.74) is 0.884. The average molecular weight is 268 g/mol. The molecule has 1 N–H and O–H groups in total. The highest BCUT2D eigenvalue weighted by Crippen LogP contribution is 2.31. The van der Waals surface area contributed by atoms with Crippen molar-refractivity contribution in [1.82, 2.24) is 10.2 Å². The molecule has 1 aliphatic heterocycles. The van der Waals surface area contributed by atoms with Crippen LogP contribution < -0.4 is 5.32 Å². The summed E-state index contributed by atoms with van der Waals surface area (Å²) in [6.45, 7) is 8.13. The van der Waals surface area contributed by atoms with E-state index in [9.17, 15) is 8.78 Å². The summed E-state index contributed by atoms with van der Waals surface area (Å²) in [5, 5.41) is 3.32. The third-order valence-corrected chi connectivity index (χ3v) is 4.01. The van der Waals surface area contributed by atoms with Gasteiger partial charge in [0.05, 0.1) is 0 Å². The molecule has 0 saturated carbocycles. The van der Waals surface area contributed by atoms with Crippen LogP contribution in [0.2, 0.25) is 0 Å². The summed E-state index contributed by atoms with van der Waals surface area (Å²) in [6, 6.07) is 4.48. The number of halogens is 2. The van der Waals surface area contributed by atoms with Gasteiger partial charge in [0.25, 0.3) is 0 Å². The molecule has 1 unspecified atom stereocenters. The highest BCUT2D eigenvalue weighted by Gasteiger charge is 2.27. The molecule has 1 aromatic rings. The predicted octanol–water partition coefficient (Wildman–Crippen LogP) is 2.96. The number of rotatable bonds is 4. The van der Waals surface area contributed by atoms with Crippen molar-refractivity contribution in [3.8, 4) is 0 Å². The molecule has 0 radical (unpaired) electrons. The van der Waals surface area contributed by atoms with Gasteiger partial charge in [-0.1, -0.05) is 26.3 Å². The van der Waals surface area contributed by atoms with Gasteiger partial charge in [0, 0.05) is 32.2 Å². The van der Waals surface area contributed by atoms with Gasteiger partial charge in [0.1, 0.15) is 0 Å². The fraction of sp³-hybridized carbons (Fsp3) is 0.600. The lowest BCUT2D eigenvalue weighted by atomic mass is 9.90. The second kappa shape index (κ2) is 6.44. The Labute approximate surface area is 113 Å². The average Bonchev–Trinajstić information content (AvgIpc) is 2.44. The Morgan fingerprint density at radius 1 is 1.21 bits per heavy atom. The van der Waals surface area contributed by atoms with Crippen molar-refractivity contribution in [2.45, 2.75) is 26.3 Å². The van der Waals surface area contributed by atoms with E-state index in [1.165, 1.54) is 12.1 Å². The van der Waals surface area contributed by atoms with Crippen molar-refractivity contribution in [2.75, 3.05) is 26.2 Å². The van der Waals surface area contributed by atoms with Gasteiger partial charge in [-0.15, -0.1) is 0 Å². The first-order valence-corrected chi connectivity index (χ1v) is 7.03. The van der Waals surface area contributed by atoms with Gasteiger partial charge in [0.2, 0.25) is 0 Å². The summed E-state index contributed by atoms with van der Waals surface area (Å²) in [4.78, 5) is 2.37. The Kier molecular flexibility index (Phi) is 4.88. The minimum Gasteiger partial charge on any atom is -0.314 e. The molecule has 1 aromatic carbocycles. The lowest BCUT2D eigenvalue weighted by Crippen LogP contribution is -2.46. The number of nitrogens with one attached hydrogen (secondary N) is 1. The van der Waals surface area contributed by atoms with Crippen LogP contribution in [0.1, 0.15) is 31.9 Å². The van der Waals surface area contributed by atoms with Crippen LogP contribution in [0.15, 0.2) is 18.2 Å². The minimum atomic E-state index is -0.771. The van der Waals surface area contributed by atoms with Crippen molar-refractivity contribution < 1.29 is 8.78 Å². The van der Waals surface area contributed by atoms with E-state index >= 15 is 0 Å². The standard InChI is InChI=1S/C15H22F2N2/c1-3-11(2)15(19-8-6-18-7-9-19)12-4-5-13(16)14(17)10-12/h4-5,10-11,15,18H,3,6-9H2,1-2H3/t11?,15-/m0/s1. The third kappa shape index (κ3) is 3.31. The van der Waals surface area contributed by atoms with Crippen LogP contribution in [-0.4, -0.2) is 31.1 Å². The van der Waals surface area contributed by atoms with E-state index in [-0.39, 0.29) is 6.04 Å².